The number of carbonyl (C=O) groups is 10. The number of hydrogen-bond donors (Lipinski definition) is 8. The number of imide groups is 1. The molecule has 22 nitrogen and oxygen atoms in total. The molecule has 78 heavy (non-hydrogen) atoms. The van der Waals surface area contributed by atoms with E-state index in [4.69, 9.17) is 10.5 Å². The van der Waals surface area contributed by atoms with Crippen LogP contribution in [0.5, 0.6) is 0 Å². The predicted octanol–water partition coefficient (Wildman–Crippen LogP) is 1.60. The molecule has 2 heterocycles. The first-order chi connectivity index (χ1) is 36.9. The van der Waals surface area contributed by atoms with Gasteiger partial charge < -0.3 is 56.9 Å². The largest absolute Gasteiger partial charge is 0.445 e. The van der Waals surface area contributed by atoms with Gasteiger partial charge in [-0.3, -0.25) is 48.1 Å². The van der Waals surface area contributed by atoms with Gasteiger partial charge >= 0.3 is 6.09 Å². The van der Waals surface area contributed by atoms with Gasteiger partial charge in [0, 0.05) is 61.3 Å². The number of alkyl carbamates (subject to hydrolysis) is 1. The number of amides is 10. The van der Waals surface area contributed by atoms with Crippen LogP contribution in [-0.2, 0) is 61.0 Å². The summed E-state index contributed by atoms with van der Waals surface area (Å²) in [4.78, 5) is 132. The topological polar surface area (TPSA) is 310 Å². The Morgan fingerprint density at radius 2 is 1.33 bits per heavy atom. The van der Waals surface area contributed by atoms with Gasteiger partial charge in [0.05, 0.1) is 12.5 Å². The molecule has 416 valence electrons. The van der Waals surface area contributed by atoms with Crippen LogP contribution in [0.15, 0.2) is 103 Å². The van der Waals surface area contributed by atoms with Crippen LogP contribution in [0.4, 0.5) is 13.6 Å². The Morgan fingerprint density at radius 3 is 1.95 bits per heavy atom. The molecule has 5 atom stereocenters. The number of benzene rings is 3. The lowest BCUT2D eigenvalue weighted by Gasteiger charge is -2.41. The molecule has 9 N–H and O–H groups in total. The third-order valence-corrected chi connectivity index (χ3v) is 12.2. The molecule has 0 bridgehead atoms. The van der Waals surface area contributed by atoms with Gasteiger partial charge in [-0.25, -0.2) is 13.6 Å². The molecule has 0 saturated heterocycles. The summed E-state index contributed by atoms with van der Waals surface area (Å²) in [6.45, 7) is 5.68. The summed E-state index contributed by atoms with van der Waals surface area (Å²) < 4.78 is 36.9. The zero-order chi connectivity index (χ0) is 57.3. The van der Waals surface area contributed by atoms with Gasteiger partial charge in [-0.05, 0) is 61.1 Å². The first kappa shape index (κ1) is 60.1. The van der Waals surface area contributed by atoms with Crippen molar-refractivity contribution in [2.45, 2.75) is 90.8 Å². The van der Waals surface area contributed by atoms with Crippen LogP contribution in [0.1, 0.15) is 70.3 Å². The summed E-state index contributed by atoms with van der Waals surface area (Å²) >= 11 is 0. The van der Waals surface area contributed by atoms with Gasteiger partial charge in [-0.1, -0.05) is 81.4 Å². The smallest absolute Gasteiger partial charge is 0.408 e. The summed E-state index contributed by atoms with van der Waals surface area (Å²) in [5.74, 6) is -9.15. The van der Waals surface area contributed by atoms with E-state index in [0.29, 0.717) is 16.2 Å². The van der Waals surface area contributed by atoms with Crippen LogP contribution < -0.4 is 37.6 Å². The van der Waals surface area contributed by atoms with Crippen LogP contribution in [0, 0.1) is 17.0 Å². The highest BCUT2D eigenvalue weighted by Crippen LogP contribution is 2.41. The van der Waals surface area contributed by atoms with Gasteiger partial charge in [-0.2, -0.15) is 0 Å². The lowest BCUT2D eigenvalue weighted by molar-refractivity contribution is -0.141. The standard InChI is InChI=1S/C54H64F2N10O12/c1-32(60-50(74)33(2)61-53(77)78-31-35-14-10-7-11-15-35)51(75)63-41(49(57)73)26-43(68)62-40(52(76)59-22-21-58-44(69)29-66-45(70)18-19-46(66)71)20-23-65(47(72)30-67)48(54(3,4)5)42-24-36(38-25-37(55)16-17-39(38)56)28-64(42)27-34-12-8-6-9-13-34/h6-19,24-25,28,32-33,40-41,48,67H,20-23,26-27,29-31H2,1-5H3,(H2,57,73)(H,58,69)(H,59,76)(H,60,74)(H,61,77)(H,62,68)(H,63,75)/t32-,33-,40-,41-,48-/m0/s1. The van der Waals surface area contributed by atoms with E-state index in [1.54, 1.807) is 67.9 Å². The monoisotopic (exact) mass is 1080 g/mol. The summed E-state index contributed by atoms with van der Waals surface area (Å²) in [5.41, 5.74) is 6.87. The van der Waals surface area contributed by atoms with E-state index in [0.717, 1.165) is 35.9 Å². The molecule has 0 radical (unpaired) electrons. The third-order valence-electron chi connectivity index (χ3n) is 12.2. The Hall–Kier alpha value is -8.80. The molecule has 0 saturated carbocycles. The van der Waals surface area contributed by atoms with Crippen molar-refractivity contribution >= 4 is 59.3 Å². The van der Waals surface area contributed by atoms with Crippen LogP contribution in [0.25, 0.3) is 11.1 Å². The number of nitrogens with two attached hydrogens (primary N) is 1. The number of carbonyl (C=O) groups excluding carboxylic acids is 10. The van der Waals surface area contributed by atoms with E-state index in [9.17, 15) is 57.4 Å². The maximum Gasteiger partial charge on any atom is 0.408 e. The van der Waals surface area contributed by atoms with Crippen molar-refractivity contribution in [3.05, 3.63) is 132 Å². The molecule has 0 fully saturated rings. The Kier molecular flexibility index (Phi) is 21.4. The minimum atomic E-state index is -1.71. The summed E-state index contributed by atoms with van der Waals surface area (Å²) in [6, 6.07) is 15.8. The number of hydrogen-bond acceptors (Lipinski definition) is 12. The van der Waals surface area contributed by atoms with Crippen molar-refractivity contribution in [2.24, 2.45) is 11.1 Å². The number of aliphatic hydroxyl groups is 1. The second kappa shape index (κ2) is 27.8. The zero-order valence-electron chi connectivity index (χ0n) is 43.7. The van der Waals surface area contributed by atoms with Crippen molar-refractivity contribution in [3.8, 4) is 11.1 Å². The molecule has 1 aromatic heterocycles. The van der Waals surface area contributed by atoms with Gasteiger partial charge in [-0.15, -0.1) is 0 Å². The predicted molar refractivity (Wildman–Crippen MR) is 277 cm³/mol. The van der Waals surface area contributed by atoms with E-state index in [1.165, 1.54) is 18.7 Å². The molecule has 5 rings (SSSR count). The van der Waals surface area contributed by atoms with Crippen LogP contribution in [0.3, 0.4) is 0 Å². The third kappa shape index (κ3) is 17.4. The quantitative estimate of drug-likeness (QED) is 0.0329. The maximum atomic E-state index is 15.4. The molecule has 0 unspecified atom stereocenters. The molecule has 24 heteroatoms. The van der Waals surface area contributed by atoms with E-state index in [-0.39, 0.29) is 50.3 Å². The average molecular weight is 1080 g/mol. The van der Waals surface area contributed by atoms with Gasteiger partial charge in [0.25, 0.3) is 11.8 Å². The molecule has 10 amide bonds. The van der Waals surface area contributed by atoms with Crippen molar-refractivity contribution in [3.63, 3.8) is 0 Å². The fourth-order valence-corrected chi connectivity index (χ4v) is 8.30. The first-order valence-corrected chi connectivity index (χ1v) is 24.8. The van der Waals surface area contributed by atoms with Crippen molar-refractivity contribution in [2.75, 3.05) is 32.8 Å². The maximum absolute atomic E-state index is 15.4. The van der Waals surface area contributed by atoms with E-state index < -0.39 is 126 Å². The van der Waals surface area contributed by atoms with Gasteiger partial charge in [0.1, 0.15) is 55.6 Å². The molecule has 3 aromatic carbocycles. The average Bonchev–Trinajstić information content (AvgIpc) is 3.98. The normalized spacial score (nSPS) is 14.0. The molecule has 1 aliphatic heterocycles. The Balaban J connectivity index is 1.35. The number of nitrogens with zero attached hydrogens (tertiary/aromatic N) is 3. The van der Waals surface area contributed by atoms with Crippen molar-refractivity contribution in [1.29, 1.82) is 0 Å². The lowest BCUT2D eigenvalue weighted by Crippen LogP contribution is -2.56. The zero-order valence-corrected chi connectivity index (χ0v) is 43.7. The Morgan fingerprint density at radius 1 is 0.731 bits per heavy atom. The van der Waals surface area contributed by atoms with E-state index >= 15 is 4.39 Å². The number of primary amides is 1. The van der Waals surface area contributed by atoms with Crippen molar-refractivity contribution in [1.82, 2.24) is 46.3 Å². The highest BCUT2D eigenvalue weighted by molar-refractivity contribution is 6.14. The number of rotatable bonds is 26. The van der Waals surface area contributed by atoms with Gasteiger partial charge in [0.2, 0.25) is 41.4 Å². The van der Waals surface area contributed by atoms with E-state index in [2.05, 4.69) is 31.9 Å². The van der Waals surface area contributed by atoms with E-state index in [1.807, 2.05) is 30.3 Å². The van der Waals surface area contributed by atoms with Crippen LogP contribution in [-0.4, -0.2) is 136 Å². The number of ether oxygens (including phenoxy) is 1. The molecular formula is C54H64F2N10O12. The highest BCUT2D eigenvalue weighted by atomic mass is 19.1. The SMILES string of the molecule is C[C@H](NC(=O)OCc1ccccc1)C(=O)N[C@@H](C)C(=O)N[C@@H](CC(=O)N[C@@H](CCN(C(=O)CO)[C@@H](c1cc(-c2cc(F)ccc2F)cn1Cc1ccccc1)C(C)(C)C)C(=O)NCCNC(=O)CN1C(=O)C=CC1=O)C(N)=O. The lowest BCUT2D eigenvalue weighted by atomic mass is 9.82. The minimum Gasteiger partial charge on any atom is -0.445 e. The van der Waals surface area contributed by atoms with Crippen LogP contribution >= 0.6 is 0 Å². The summed E-state index contributed by atoms with van der Waals surface area (Å²) in [7, 11) is 0. The second-order valence-corrected chi connectivity index (χ2v) is 19.4. The number of aliphatic hydroxyl groups excluding tert-OH is 1. The fourth-order valence-electron chi connectivity index (χ4n) is 8.30. The first-order valence-electron chi connectivity index (χ1n) is 24.8. The number of nitrogens with one attached hydrogen (secondary N) is 6. The fraction of sp³-hybridized carbons (Fsp3) is 0.370. The molecule has 0 aliphatic carbocycles. The van der Waals surface area contributed by atoms with Crippen LogP contribution in [0.2, 0.25) is 0 Å². The Bertz CT molecular complexity index is 2860. The highest BCUT2D eigenvalue weighted by Gasteiger charge is 2.38. The number of halogens is 2. The number of aromatic nitrogens is 1. The van der Waals surface area contributed by atoms with Gasteiger partial charge in [0.15, 0.2) is 0 Å². The molecular weight excluding hydrogens is 1020 g/mol. The minimum absolute atomic E-state index is 0.0630. The summed E-state index contributed by atoms with van der Waals surface area (Å²) in [6.07, 6.45) is 1.50. The Labute approximate surface area is 448 Å². The molecule has 4 aromatic rings. The molecule has 1 aliphatic rings. The van der Waals surface area contributed by atoms with Crippen molar-refractivity contribution < 1.29 is 66.6 Å². The molecule has 0 spiro atoms. The summed E-state index contributed by atoms with van der Waals surface area (Å²) in [5, 5.41) is 25.0. The second-order valence-electron chi connectivity index (χ2n) is 19.4.